The van der Waals surface area contributed by atoms with E-state index in [0.717, 1.165) is 5.92 Å². The first kappa shape index (κ1) is 13.2. The topological polar surface area (TPSA) is 12.0 Å². The van der Waals surface area contributed by atoms with Crippen molar-refractivity contribution in [1.29, 1.82) is 0 Å². The van der Waals surface area contributed by atoms with Crippen LogP contribution in [-0.2, 0) is 6.42 Å². The molecule has 0 heterocycles. The fourth-order valence-electron chi connectivity index (χ4n) is 3.87. The summed E-state index contributed by atoms with van der Waals surface area (Å²) in [5.74, 6) is 1.000. The minimum Gasteiger partial charge on any atom is -0.310 e. The molecule has 0 saturated heterocycles. The van der Waals surface area contributed by atoms with Crippen LogP contribution in [0.15, 0.2) is 18.2 Å². The van der Waals surface area contributed by atoms with Crippen molar-refractivity contribution in [2.75, 3.05) is 6.54 Å². The van der Waals surface area contributed by atoms with Crippen LogP contribution in [0.5, 0.6) is 0 Å². The van der Waals surface area contributed by atoms with Gasteiger partial charge >= 0.3 is 0 Å². The molecule has 1 nitrogen and oxygen atoms in total. The smallest absolute Gasteiger partial charge is 0.0326 e. The average molecular weight is 257 g/mol. The molecule has 2 aliphatic rings. The fraction of sp³-hybridized carbons (Fsp3) is 0.667. The van der Waals surface area contributed by atoms with Gasteiger partial charge in [-0.2, -0.15) is 0 Å². The van der Waals surface area contributed by atoms with Crippen molar-refractivity contribution in [2.45, 2.75) is 64.3 Å². The van der Waals surface area contributed by atoms with Crippen LogP contribution in [0.25, 0.3) is 0 Å². The van der Waals surface area contributed by atoms with E-state index < -0.39 is 0 Å². The lowest BCUT2D eigenvalue weighted by molar-refractivity contribution is 0.327. The monoisotopic (exact) mass is 257 g/mol. The van der Waals surface area contributed by atoms with Gasteiger partial charge in [-0.3, -0.25) is 0 Å². The number of hydrogen-bond donors (Lipinski definition) is 1. The number of fused-ring (bicyclic) bond motifs is 1. The van der Waals surface area contributed by atoms with Gasteiger partial charge < -0.3 is 5.32 Å². The van der Waals surface area contributed by atoms with Crippen LogP contribution >= 0.6 is 0 Å². The first-order valence-electron chi connectivity index (χ1n) is 8.16. The summed E-state index contributed by atoms with van der Waals surface area (Å²) in [6.07, 6.45) is 11.3. The standard InChI is InChI=1S/C18H27N/c1-14-7-8-16-9-10-18(17(16)13-14)19-12-11-15-5-3-2-4-6-15/h7-8,13,15,18-19H,2-6,9-12H2,1H3. The Bertz CT molecular complexity index is 418. The Labute approximate surface area is 117 Å². The maximum absolute atomic E-state index is 3.81. The molecule has 0 aromatic heterocycles. The molecule has 1 aromatic rings. The second kappa shape index (κ2) is 6.09. The summed E-state index contributed by atoms with van der Waals surface area (Å²) in [5.41, 5.74) is 4.55. The summed E-state index contributed by atoms with van der Waals surface area (Å²) in [5, 5.41) is 3.81. The molecule has 1 N–H and O–H groups in total. The summed E-state index contributed by atoms with van der Waals surface area (Å²) in [4.78, 5) is 0. The van der Waals surface area contributed by atoms with Crippen LogP contribution < -0.4 is 5.32 Å². The van der Waals surface area contributed by atoms with Gasteiger partial charge in [0.1, 0.15) is 0 Å². The van der Waals surface area contributed by atoms with E-state index in [1.807, 2.05) is 0 Å². The van der Waals surface area contributed by atoms with Crippen molar-refractivity contribution in [2.24, 2.45) is 5.92 Å². The first-order chi connectivity index (χ1) is 9.33. The van der Waals surface area contributed by atoms with Crippen molar-refractivity contribution in [1.82, 2.24) is 5.32 Å². The molecular formula is C18H27N. The summed E-state index contributed by atoms with van der Waals surface area (Å²) in [6, 6.07) is 7.59. The number of rotatable bonds is 4. The number of benzene rings is 1. The second-order valence-electron chi connectivity index (χ2n) is 6.54. The van der Waals surface area contributed by atoms with E-state index in [4.69, 9.17) is 0 Å². The van der Waals surface area contributed by atoms with Gasteiger partial charge in [0, 0.05) is 6.04 Å². The zero-order chi connectivity index (χ0) is 13.1. The highest BCUT2D eigenvalue weighted by Crippen LogP contribution is 2.32. The van der Waals surface area contributed by atoms with Crippen LogP contribution in [0.4, 0.5) is 0 Å². The van der Waals surface area contributed by atoms with Gasteiger partial charge in [-0.15, -0.1) is 0 Å². The highest BCUT2D eigenvalue weighted by atomic mass is 14.9. The molecule has 0 amide bonds. The van der Waals surface area contributed by atoms with Crippen LogP contribution in [0.2, 0.25) is 0 Å². The zero-order valence-electron chi connectivity index (χ0n) is 12.3. The zero-order valence-corrected chi connectivity index (χ0v) is 12.3. The number of nitrogens with one attached hydrogen (secondary N) is 1. The van der Waals surface area contributed by atoms with Crippen molar-refractivity contribution >= 4 is 0 Å². The molecule has 0 radical (unpaired) electrons. The second-order valence-corrected chi connectivity index (χ2v) is 6.54. The maximum atomic E-state index is 3.81. The molecule has 1 aromatic carbocycles. The third-order valence-electron chi connectivity index (χ3n) is 5.05. The highest BCUT2D eigenvalue weighted by molar-refractivity contribution is 5.37. The Hall–Kier alpha value is -0.820. The van der Waals surface area contributed by atoms with Crippen molar-refractivity contribution < 1.29 is 0 Å². The molecule has 2 aliphatic carbocycles. The molecule has 1 unspecified atom stereocenters. The molecule has 1 heteroatoms. The van der Waals surface area contributed by atoms with Crippen LogP contribution in [0, 0.1) is 12.8 Å². The van der Waals surface area contributed by atoms with Crippen molar-refractivity contribution in [3.05, 3.63) is 34.9 Å². The van der Waals surface area contributed by atoms with E-state index in [1.165, 1.54) is 63.5 Å². The normalized spacial score (nSPS) is 23.5. The van der Waals surface area contributed by atoms with E-state index in [2.05, 4.69) is 30.4 Å². The summed E-state index contributed by atoms with van der Waals surface area (Å²) >= 11 is 0. The Morgan fingerprint density at radius 3 is 2.79 bits per heavy atom. The molecule has 1 atom stereocenters. The van der Waals surface area contributed by atoms with Gasteiger partial charge in [-0.1, -0.05) is 55.9 Å². The van der Waals surface area contributed by atoms with Gasteiger partial charge in [0.2, 0.25) is 0 Å². The average Bonchev–Trinajstić information content (AvgIpc) is 2.83. The van der Waals surface area contributed by atoms with Gasteiger partial charge in [0.15, 0.2) is 0 Å². The SMILES string of the molecule is Cc1ccc2c(c1)C(NCCC1CCCCC1)CC2. The molecule has 19 heavy (non-hydrogen) atoms. The van der Waals surface area contributed by atoms with Gasteiger partial charge in [0.25, 0.3) is 0 Å². The minimum atomic E-state index is 0.624. The largest absolute Gasteiger partial charge is 0.310 e. The van der Waals surface area contributed by atoms with Crippen molar-refractivity contribution in [3.8, 4) is 0 Å². The van der Waals surface area contributed by atoms with Gasteiger partial charge in [-0.25, -0.2) is 0 Å². The lowest BCUT2D eigenvalue weighted by atomic mass is 9.87. The van der Waals surface area contributed by atoms with E-state index in [9.17, 15) is 0 Å². The Kier molecular flexibility index (Phi) is 4.22. The summed E-state index contributed by atoms with van der Waals surface area (Å²) < 4.78 is 0. The van der Waals surface area contributed by atoms with Crippen LogP contribution in [0.3, 0.4) is 0 Å². The van der Waals surface area contributed by atoms with Crippen LogP contribution in [0.1, 0.15) is 67.7 Å². The lowest BCUT2D eigenvalue weighted by Gasteiger charge is -2.23. The van der Waals surface area contributed by atoms with E-state index >= 15 is 0 Å². The van der Waals surface area contributed by atoms with Gasteiger partial charge in [-0.05, 0) is 49.8 Å². The summed E-state index contributed by atoms with van der Waals surface area (Å²) in [6.45, 7) is 3.42. The van der Waals surface area contributed by atoms with E-state index in [1.54, 1.807) is 11.1 Å². The quantitative estimate of drug-likeness (QED) is 0.835. The fourth-order valence-corrected chi connectivity index (χ4v) is 3.87. The highest BCUT2D eigenvalue weighted by Gasteiger charge is 2.22. The molecular weight excluding hydrogens is 230 g/mol. The lowest BCUT2D eigenvalue weighted by Crippen LogP contribution is -2.23. The third-order valence-corrected chi connectivity index (χ3v) is 5.05. The Morgan fingerprint density at radius 1 is 1.11 bits per heavy atom. The van der Waals surface area contributed by atoms with Gasteiger partial charge in [0.05, 0.1) is 0 Å². The Balaban J connectivity index is 1.50. The molecule has 104 valence electrons. The van der Waals surface area contributed by atoms with Crippen molar-refractivity contribution in [3.63, 3.8) is 0 Å². The molecule has 0 bridgehead atoms. The molecule has 0 aliphatic heterocycles. The van der Waals surface area contributed by atoms with E-state index in [-0.39, 0.29) is 0 Å². The number of aryl methyl sites for hydroxylation is 2. The molecule has 1 saturated carbocycles. The molecule has 1 fully saturated rings. The third kappa shape index (κ3) is 3.20. The van der Waals surface area contributed by atoms with E-state index in [0.29, 0.717) is 6.04 Å². The first-order valence-corrected chi connectivity index (χ1v) is 8.16. The Morgan fingerprint density at radius 2 is 1.95 bits per heavy atom. The molecule has 3 rings (SSSR count). The van der Waals surface area contributed by atoms with Crippen LogP contribution in [-0.4, -0.2) is 6.54 Å². The molecule has 0 spiro atoms. The predicted octanol–water partition coefficient (Wildman–Crippen LogP) is 4.54. The predicted molar refractivity (Wildman–Crippen MR) is 81.4 cm³/mol. The number of hydrogen-bond acceptors (Lipinski definition) is 1. The minimum absolute atomic E-state index is 0.624. The summed E-state index contributed by atoms with van der Waals surface area (Å²) in [7, 11) is 0. The maximum Gasteiger partial charge on any atom is 0.0326 e.